The van der Waals surface area contributed by atoms with Gasteiger partial charge >= 0.3 is 5.97 Å². The summed E-state index contributed by atoms with van der Waals surface area (Å²) in [7, 11) is -3.66. The van der Waals surface area contributed by atoms with Crippen LogP contribution in [0.4, 0.5) is 0 Å². The van der Waals surface area contributed by atoms with Crippen molar-refractivity contribution in [2.75, 3.05) is 13.1 Å². The van der Waals surface area contributed by atoms with Crippen molar-refractivity contribution in [3.8, 4) is 0 Å². The van der Waals surface area contributed by atoms with E-state index in [0.29, 0.717) is 18.7 Å². The van der Waals surface area contributed by atoms with E-state index in [4.69, 9.17) is 5.11 Å². The highest BCUT2D eigenvalue weighted by molar-refractivity contribution is 7.89. The monoisotopic (exact) mass is 299 g/mol. The fourth-order valence-electron chi connectivity index (χ4n) is 2.07. The van der Waals surface area contributed by atoms with Crippen molar-refractivity contribution < 1.29 is 18.3 Å². The van der Waals surface area contributed by atoms with Crippen LogP contribution in [-0.4, -0.2) is 36.9 Å². The lowest BCUT2D eigenvalue weighted by Gasteiger charge is -2.22. The Morgan fingerprint density at radius 2 is 1.80 bits per heavy atom. The number of carboxylic acid groups (broad SMARTS) is 1. The molecule has 0 unspecified atom stereocenters. The van der Waals surface area contributed by atoms with Crippen LogP contribution in [0.3, 0.4) is 0 Å². The van der Waals surface area contributed by atoms with Gasteiger partial charge in [-0.3, -0.25) is 0 Å². The number of benzene rings is 1. The maximum Gasteiger partial charge on any atom is 0.335 e. The van der Waals surface area contributed by atoms with Crippen LogP contribution in [0.2, 0.25) is 0 Å². The zero-order chi connectivity index (χ0) is 15.5. The summed E-state index contributed by atoms with van der Waals surface area (Å²) in [5.41, 5.74) is 0.627. The van der Waals surface area contributed by atoms with Gasteiger partial charge in [0.2, 0.25) is 10.0 Å². The summed E-state index contributed by atoms with van der Waals surface area (Å²) >= 11 is 0. The topological polar surface area (TPSA) is 74.7 Å². The lowest BCUT2D eigenvalue weighted by Crippen LogP contribution is -2.31. The summed E-state index contributed by atoms with van der Waals surface area (Å²) in [5, 5.41) is 9.05. The maximum absolute atomic E-state index is 12.6. The van der Waals surface area contributed by atoms with Crippen molar-refractivity contribution in [3.63, 3.8) is 0 Å². The second-order valence-corrected chi connectivity index (χ2v) is 6.71. The minimum absolute atomic E-state index is 0.00168. The zero-order valence-corrected chi connectivity index (χ0v) is 13.1. The standard InChI is InChI=1S/C14H21NO4S/c1-5-15(6-2)20(18,19)13-9-11(14(16)17)7-8-12(13)10(3)4/h7-10H,5-6H2,1-4H3,(H,16,17). The van der Waals surface area contributed by atoms with E-state index in [2.05, 4.69) is 0 Å². The SMILES string of the molecule is CCN(CC)S(=O)(=O)c1cc(C(=O)O)ccc1C(C)C. The Labute approximate surface area is 120 Å². The second kappa shape index (κ2) is 6.37. The average Bonchev–Trinajstić information content (AvgIpc) is 2.38. The molecule has 0 aliphatic carbocycles. The Morgan fingerprint density at radius 1 is 1.25 bits per heavy atom. The van der Waals surface area contributed by atoms with Gasteiger partial charge in [0, 0.05) is 13.1 Å². The molecule has 0 aliphatic heterocycles. The van der Waals surface area contributed by atoms with Gasteiger partial charge in [-0.05, 0) is 23.6 Å². The maximum atomic E-state index is 12.6. The fourth-order valence-corrected chi connectivity index (χ4v) is 3.91. The summed E-state index contributed by atoms with van der Waals surface area (Å²) in [6.07, 6.45) is 0. The summed E-state index contributed by atoms with van der Waals surface area (Å²) in [4.78, 5) is 11.2. The molecule has 0 aliphatic rings. The summed E-state index contributed by atoms with van der Waals surface area (Å²) in [5.74, 6) is -1.13. The largest absolute Gasteiger partial charge is 0.478 e. The molecule has 112 valence electrons. The first kappa shape index (κ1) is 16.7. The number of sulfonamides is 1. The normalized spacial score (nSPS) is 12.1. The van der Waals surface area contributed by atoms with Crippen LogP contribution >= 0.6 is 0 Å². The van der Waals surface area contributed by atoms with Crippen molar-refractivity contribution in [3.05, 3.63) is 29.3 Å². The van der Waals surface area contributed by atoms with E-state index in [-0.39, 0.29) is 16.4 Å². The average molecular weight is 299 g/mol. The summed E-state index contributed by atoms with van der Waals surface area (Å²) < 4.78 is 26.6. The smallest absolute Gasteiger partial charge is 0.335 e. The van der Waals surface area contributed by atoms with Crippen molar-refractivity contribution in [2.45, 2.75) is 38.5 Å². The first-order valence-corrected chi connectivity index (χ1v) is 8.07. The predicted octanol–water partition coefficient (Wildman–Crippen LogP) is 2.54. The quantitative estimate of drug-likeness (QED) is 0.876. The number of nitrogens with zero attached hydrogens (tertiary/aromatic N) is 1. The molecule has 1 rings (SSSR count). The Morgan fingerprint density at radius 3 is 2.20 bits per heavy atom. The van der Waals surface area contributed by atoms with E-state index < -0.39 is 16.0 Å². The summed E-state index contributed by atoms with van der Waals surface area (Å²) in [6.45, 7) is 8.00. The lowest BCUT2D eigenvalue weighted by atomic mass is 10.0. The Kier molecular flexibility index (Phi) is 5.30. The van der Waals surface area contributed by atoms with Crippen LogP contribution in [0.25, 0.3) is 0 Å². The van der Waals surface area contributed by atoms with Crippen LogP contribution in [0.15, 0.2) is 23.1 Å². The lowest BCUT2D eigenvalue weighted by molar-refractivity contribution is 0.0696. The van der Waals surface area contributed by atoms with Gasteiger partial charge in [0.05, 0.1) is 10.5 Å². The molecular formula is C14H21NO4S. The van der Waals surface area contributed by atoms with Gasteiger partial charge in [-0.15, -0.1) is 0 Å². The molecule has 0 atom stereocenters. The molecule has 1 N–H and O–H groups in total. The van der Waals surface area contributed by atoms with Crippen molar-refractivity contribution in [1.82, 2.24) is 4.31 Å². The number of aromatic carboxylic acids is 1. The van der Waals surface area contributed by atoms with Gasteiger partial charge in [-0.1, -0.05) is 33.8 Å². The number of hydrogen-bond acceptors (Lipinski definition) is 3. The number of rotatable bonds is 6. The minimum atomic E-state index is -3.66. The van der Waals surface area contributed by atoms with Crippen LogP contribution in [0.1, 0.15) is 49.5 Å². The third-order valence-corrected chi connectivity index (χ3v) is 5.31. The van der Waals surface area contributed by atoms with Crippen molar-refractivity contribution in [2.24, 2.45) is 0 Å². The van der Waals surface area contributed by atoms with Gasteiger partial charge < -0.3 is 5.11 Å². The van der Waals surface area contributed by atoms with Gasteiger partial charge in [0.1, 0.15) is 0 Å². The Bertz CT molecular complexity index is 589. The highest BCUT2D eigenvalue weighted by atomic mass is 32.2. The fraction of sp³-hybridized carbons (Fsp3) is 0.500. The van der Waals surface area contributed by atoms with Gasteiger partial charge in [-0.25, -0.2) is 13.2 Å². The molecular weight excluding hydrogens is 278 g/mol. The molecule has 0 fully saturated rings. The van der Waals surface area contributed by atoms with Crippen LogP contribution in [-0.2, 0) is 10.0 Å². The van der Waals surface area contributed by atoms with Crippen LogP contribution < -0.4 is 0 Å². The Hall–Kier alpha value is -1.40. The first-order valence-electron chi connectivity index (χ1n) is 6.63. The highest BCUT2D eigenvalue weighted by Gasteiger charge is 2.26. The molecule has 1 aromatic rings. The third-order valence-electron chi connectivity index (χ3n) is 3.21. The van der Waals surface area contributed by atoms with Crippen molar-refractivity contribution in [1.29, 1.82) is 0 Å². The van der Waals surface area contributed by atoms with E-state index in [9.17, 15) is 13.2 Å². The van der Waals surface area contributed by atoms with E-state index in [1.165, 1.54) is 16.4 Å². The molecule has 20 heavy (non-hydrogen) atoms. The Balaban J connectivity index is 3.54. The molecule has 0 bridgehead atoms. The molecule has 5 nitrogen and oxygen atoms in total. The molecule has 1 aromatic carbocycles. The molecule has 0 spiro atoms. The van der Waals surface area contributed by atoms with E-state index >= 15 is 0 Å². The molecule has 0 radical (unpaired) electrons. The number of carboxylic acids is 1. The van der Waals surface area contributed by atoms with Gasteiger partial charge in [-0.2, -0.15) is 4.31 Å². The first-order chi connectivity index (χ1) is 9.25. The van der Waals surface area contributed by atoms with Crippen LogP contribution in [0.5, 0.6) is 0 Å². The second-order valence-electron chi connectivity index (χ2n) is 4.80. The van der Waals surface area contributed by atoms with E-state index in [1.807, 2.05) is 13.8 Å². The molecule has 0 amide bonds. The molecule has 0 saturated carbocycles. The van der Waals surface area contributed by atoms with Gasteiger partial charge in [0.15, 0.2) is 0 Å². The van der Waals surface area contributed by atoms with Gasteiger partial charge in [0.25, 0.3) is 0 Å². The number of hydrogen-bond donors (Lipinski definition) is 1. The predicted molar refractivity (Wildman–Crippen MR) is 77.6 cm³/mol. The highest BCUT2D eigenvalue weighted by Crippen LogP contribution is 2.27. The molecule has 0 saturated heterocycles. The van der Waals surface area contributed by atoms with E-state index in [1.54, 1.807) is 19.9 Å². The van der Waals surface area contributed by atoms with Crippen LogP contribution in [0, 0.1) is 0 Å². The van der Waals surface area contributed by atoms with E-state index in [0.717, 1.165) is 0 Å². The summed E-state index contributed by atoms with van der Waals surface area (Å²) in [6, 6.07) is 4.29. The number of carbonyl (C=O) groups is 1. The third kappa shape index (κ3) is 3.19. The molecule has 6 heteroatoms. The molecule has 0 aromatic heterocycles. The minimum Gasteiger partial charge on any atom is -0.478 e. The zero-order valence-electron chi connectivity index (χ0n) is 12.3. The van der Waals surface area contributed by atoms with Crippen molar-refractivity contribution >= 4 is 16.0 Å². The molecule has 0 heterocycles.